The van der Waals surface area contributed by atoms with Crippen molar-refractivity contribution in [3.63, 3.8) is 0 Å². The summed E-state index contributed by atoms with van der Waals surface area (Å²) >= 11 is 1.68. The Balaban J connectivity index is 2.12. The number of hydrogen-bond donors (Lipinski definition) is 1. The molecule has 0 aromatic carbocycles. The van der Waals surface area contributed by atoms with E-state index in [0.29, 0.717) is 32.5 Å². The molecule has 0 aromatic rings. The molecule has 36 heavy (non-hydrogen) atoms. The minimum absolute atomic E-state index is 0.0591. The van der Waals surface area contributed by atoms with Gasteiger partial charge in [-0.2, -0.15) is 0 Å². The van der Waals surface area contributed by atoms with Crippen LogP contribution >= 0.6 is 11.8 Å². The van der Waals surface area contributed by atoms with Crippen LogP contribution in [0, 0.1) is 17.8 Å². The number of aliphatic hydroxyl groups is 1. The molecular weight excluding hydrogens is 474 g/mol. The van der Waals surface area contributed by atoms with Crippen molar-refractivity contribution in [1.82, 2.24) is 14.7 Å². The van der Waals surface area contributed by atoms with E-state index in [1.807, 2.05) is 4.90 Å². The third-order valence-corrected chi connectivity index (χ3v) is 10.3. The normalized spacial score (nSPS) is 31.5. The lowest BCUT2D eigenvalue weighted by Gasteiger charge is -2.40. The summed E-state index contributed by atoms with van der Waals surface area (Å²) in [5, 5.41) is 10.4. The van der Waals surface area contributed by atoms with E-state index in [9.17, 15) is 19.5 Å². The third kappa shape index (κ3) is 4.75. The van der Waals surface area contributed by atoms with Crippen molar-refractivity contribution in [2.24, 2.45) is 17.8 Å². The minimum atomic E-state index is -0.697. The molecule has 3 rings (SSSR count). The van der Waals surface area contributed by atoms with Crippen molar-refractivity contribution in [1.29, 1.82) is 0 Å². The number of fused-ring (bicyclic) bond motifs is 1. The molecule has 3 saturated heterocycles. The Bertz CT molecular complexity index is 879. The first-order valence-corrected chi connectivity index (χ1v) is 14.2. The predicted molar refractivity (Wildman–Crippen MR) is 145 cm³/mol. The van der Waals surface area contributed by atoms with E-state index in [-0.39, 0.29) is 30.2 Å². The van der Waals surface area contributed by atoms with Gasteiger partial charge in [0.15, 0.2) is 0 Å². The zero-order valence-electron chi connectivity index (χ0n) is 22.7. The van der Waals surface area contributed by atoms with Crippen molar-refractivity contribution in [3.8, 4) is 0 Å². The Morgan fingerprint density at radius 3 is 2.44 bits per heavy atom. The van der Waals surface area contributed by atoms with Crippen LogP contribution in [-0.2, 0) is 14.4 Å². The smallest absolute Gasteiger partial charge is 0.247 e. The lowest BCUT2D eigenvalue weighted by atomic mass is 9.66. The topological polar surface area (TPSA) is 81.2 Å². The first-order chi connectivity index (χ1) is 17.0. The summed E-state index contributed by atoms with van der Waals surface area (Å²) in [4.78, 5) is 47.5. The summed E-state index contributed by atoms with van der Waals surface area (Å²) in [5.74, 6) is -1.13. The third-order valence-electron chi connectivity index (χ3n) is 8.28. The summed E-state index contributed by atoms with van der Waals surface area (Å²) in [5.41, 5.74) is 0. The molecule has 1 N–H and O–H groups in total. The van der Waals surface area contributed by atoms with Gasteiger partial charge in [0.1, 0.15) is 6.04 Å². The standard InChI is InChI=1S/C28H45N3O4S/c1-8-11-16-30(15-10-3)26(35)23-28-13-12-27(6,36-28)21(24(33)29(7)14-9-2)22(28)25(34)31(23)20(18-32)17-19(4)5/h9-10,19-23,32H,2-3,8,11-18H2,1,4-7H3/t20-,21-,22+,23?,27+,28?/m1/s1. The molecule has 8 heteroatoms. The number of rotatable bonds is 13. The number of hydrogen-bond acceptors (Lipinski definition) is 5. The maximum Gasteiger partial charge on any atom is 0.247 e. The summed E-state index contributed by atoms with van der Waals surface area (Å²) in [6, 6.07) is -1.16. The van der Waals surface area contributed by atoms with Gasteiger partial charge in [0.2, 0.25) is 17.7 Å². The van der Waals surface area contributed by atoms with Gasteiger partial charge in [-0.3, -0.25) is 14.4 Å². The van der Waals surface area contributed by atoms with Crippen molar-refractivity contribution in [3.05, 3.63) is 25.3 Å². The molecule has 7 nitrogen and oxygen atoms in total. The molecular formula is C28H45N3O4S. The largest absolute Gasteiger partial charge is 0.394 e. The van der Waals surface area contributed by atoms with Gasteiger partial charge in [-0.05, 0) is 38.5 Å². The minimum Gasteiger partial charge on any atom is -0.394 e. The highest BCUT2D eigenvalue weighted by Gasteiger charge is 2.77. The summed E-state index contributed by atoms with van der Waals surface area (Å²) in [6.45, 7) is 17.1. The van der Waals surface area contributed by atoms with Crippen LogP contribution in [0.2, 0.25) is 0 Å². The number of likely N-dealkylation sites (tertiary alicyclic amines) is 1. The van der Waals surface area contributed by atoms with Crippen LogP contribution in [0.4, 0.5) is 0 Å². The van der Waals surface area contributed by atoms with Crippen LogP contribution in [0.1, 0.15) is 59.8 Å². The quantitative estimate of drug-likeness (QED) is 0.378. The number of aliphatic hydroxyl groups excluding tert-OH is 1. The van der Waals surface area contributed by atoms with Crippen LogP contribution in [0.15, 0.2) is 25.3 Å². The Hall–Kier alpha value is -1.80. The van der Waals surface area contributed by atoms with Crippen molar-refractivity contribution in [2.45, 2.75) is 81.4 Å². The average Bonchev–Trinajstić information content (AvgIpc) is 3.40. The van der Waals surface area contributed by atoms with Gasteiger partial charge in [0.25, 0.3) is 0 Å². The van der Waals surface area contributed by atoms with Gasteiger partial charge in [0, 0.05) is 31.4 Å². The molecule has 0 saturated carbocycles. The van der Waals surface area contributed by atoms with E-state index in [2.05, 4.69) is 40.9 Å². The second kappa shape index (κ2) is 11.3. The Kier molecular flexibility index (Phi) is 9.03. The molecule has 2 bridgehead atoms. The SMILES string of the molecule is C=CCN(C)C(=O)[C@H]1[C@H]2C(=O)N([C@@H](CO)CC(C)C)C(C(=O)N(CC=C)CCCC)C23CC[C@]1(C)S3. The van der Waals surface area contributed by atoms with Gasteiger partial charge in [-0.15, -0.1) is 24.9 Å². The molecule has 3 fully saturated rings. The average molecular weight is 520 g/mol. The second-order valence-corrected chi connectivity index (χ2v) is 13.3. The lowest BCUT2D eigenvalue weighted by Crippen LogP contribution is -2.57. The highest BCUT2D eigenvalue weighted by molar-refractivity contribution is 8.02. The molecule has 202 valence electrons. The van der Waals surface area contributed by atoms with E-state index in [4.69, 9.17) is 0 Å². The number of carbonyl (C=O) groups excluding carboxylic acids is 3. The maximum absolute atomic E-state index is 14.3. The molecule has 0 radical (unpaired) electrons. The molecule has 0 aliphatic carbocycles. The van der Waals surface area contributed by atoms with Crippen molar-refractivity contribution >= 4 is 29.5 Å². The van der Waals surface area contributed by atoms with Crippen LogP contribution in [0.5, 0.6) is 0 Å². The first-order valence-electron chi connectivity index (χ1n) is 13.4. The van der Waals surface area contributed by atoms with Crippen molar-refractivity contribution < 1.29 is 19.5 Å². The van der Waals surface area contributed by atoms with Crippen LogP contribution in [0.3, 0.4) is 0 Å². The molecule has 3 heterocycles. The van der Waals surface area contributed by atoms with Gasteiger partial charge in [-0.1, -0.05) is 39.3 Å². The monoisotopic (exact) mass is 519 g/mol. The maximum atomic E-state index is 14.3. The number of nitrogens with zero attached hydrogens (tertiary/aromatic N) is 3. The number of carbonyl (C=O) groups is 3. The predicted octanol–water partition coefficient (Wildman–Crippen LogP) is 3.33. The van der Waals surface area contributed by atoms with E-state index in [1.54, 1.807) is 40.8 Å². The molecule has 6 atom stereocenters. The summed E-state index contributed by atoms with van der Waals surface area (Å²) in [7, 11) is 1.75. The Labute approximate surface area is 221 Å². The highest BCUT2D eigenvalue weighted by Crippen LogP contribution is 2.72. The zero-order chi connectivity index (χ0) is 26.8. The fraction of sp³-hybridized carbons (Fsp3) is 0.750. The molecule has 1 spiro atoms. The van der Waals surface area contributed by atoms with E-state index in [0.717, 1.165) is 19.3 Å². The van der Waals surface area contributed by atoms with E-state index < -0.39 is 33.4 Å². The molecule has 3 aliphatic rings. The fourth-order valence-corrected chi connectivity index (χ4v) is 9.05. The number of likely N-dealkylation sites (N-methyl/N-ethyl adjacent to an activating group) is 1. The van der Waals surface area contributed by atoms with Gasteiger partial charge < -0.3 is 19.8 Å². The Morgan fingerprint density at radius 1 is 1.22 bits per heavy atom. The fourth-order valence-electron chi connectivity index (χ4n) is 6.72. The number of amides is 3. The van der Waals surface area contributed by atoms with E-state index >= 15 is 0 Å². The number of thioether (sulfide) groups is 1. The number of unbranched alkanes of at least 4 members (excludes halogenated alkanes) is 1. The highest BCUT2D eigenvalue weighted by atomic mass is 32.2. The van der Waals surface area contributed by atoms with Gasteiger partial charge in [0.05, 0.1) is 29.2 Å². The van der Waals surface area contributed by atoms with Crippen LogP contribution in [-0.4, -0.2) is 92.4 Å². The van der Waals surface area contributed by atoms with Crippen LogP contribution in [0.25, 0.3) is 0 Å². The summed E-state index contributed by atoms with van der Waals surface area (Å²) < 4.78 is -1.08. The van der Waals surface area contributed by atoms with Crippen LogP contribution < -0.4 is 0 Å². The van der Waals surface area contributed by atoms with Crippen molar-refractivity contribution in [2.75, 3.05) is 33.3 Å². The second-order valence-electron chi connectivity index (χ2n) is 11.4. The molecule has 3 amide bonds. The lowest BCUT2D eigenvalue weighted by molar-refractivity contribution is -0.147. The summed E-state index contributed by atoms with van der Waals surface area (Å²) in [6.07, 6.45) is 7.33. The molecule has 3 aliphatic heterocycles. The first kappa shape index (κ1) is 28.8. The van der Waals surface area contributed by atoms with Gasteiger partial charge in [-0.25, -0.2) is 0 Å². The van der Waals surface area contributed by atoms with Gasteiger partial charge >= 0.3 is 0 Å². The zero-order valence-corrected chi connectivity index (χ0v) is 23.6. The Morgan fingerprint density at radius 2 is 1.89 bits per heavy atom. The molecule has 2 unspecified atom stereocenters. The van der Waals surface area contributed by atoms with E-state index in [1.165, 1.54) is 0 Å². The molecule has 0 aromatic heterocycles.